The van der Waals surface area contributed by atoms with E-state index in [1.165, 1.54) is 31.2 Å². The van der Waals surface area contributed by atoms with Crippen LogP contribution in [0.1, 0.15) is 94.7 Å². The summed E-state index contributed by atoms with van der Waals surface area (Å²) in [5, 5.41) is 10.6. The van der Waals surface area contributed by atoms with Crippen molar-refractivity contribution in [2.75, 3.05) is 14.2 Å². The fourth-order valence-electron chi connectivity index (χ4n) is 5.56. The molecule has 0 spiro atoms. The zero-order chi connectivity index (χ0) is 25.3. The molecule has 0 aliphatic heterocycles. The minimum Gasteiger partial charge on any atom is -0.489 e. The van der Waals surface area contributed by atoms with Crippen LogP contribution in [0.4, 0.5) is 0 Å². The summed E-state index contributed by atoms with van der Waals surface area (Å²) in [6, 6.07) is 17.1. The standard InChI is InChI=1S/C31H46O4/c1-6-7-8-12-19-31(2,3)24-15-17-26(29(20-24)35-22-23-13-10-9-11-14-23)28-21-25(32)16-18-27(28)30(33-4)34-5/h9-11,13-15,17,20,25,27-28,30,32H,6-8,12,16,18-19,21-22H2,1-5H3/t25-,27+,28-/m1/s1. The molecule has 0 heterocycles. The zero-order valence-electron chi connectivity index (χ0n) is 22.5. The molecule has 1 saturated carbocycles. The fraction of sp³-hybridized carbons (Fsp3) is 0.613. The highest BCUT2D eigenvalue weighted by Crippen LogP contribution is 2.45. The van der Waals surface area contributed by atoms with E-state index in [0.717, 1.165) is 36.1 Å². The Morgan fingerprint density at radius 1 is 0.971 bits per heavy atom. The molecule has 194 valence electrons. The van der Waals surface area contributed by atoms with Gasteiger partial charge in [0.15, 0.2) is 6.29 Å². The van der Waals surface area contributed by atoms with Crippen LogP contribution in [-0.4, -0.2) is 31.7 Å². The van der Waals surface area contributed by atoms with E-state index in [0.29, 0.717) is 13.0 Å². The van der Waals surface area contributed by atoms with E-state index in [1.807, 2.05) is 18.2 Å². The maximum Gasteiger partial charge on any atom is 0.160 e. The Balaban J connectivity index is 1.93. The first-order chi connectivity index (χ1) is 16.9. The second kappa shape index (κ2) is 13.4. The largest absolute Gasteiger partial charge is 0.489 e. The molecule has 1 aliphatic carbocycles. The summed E-state index contributed by atoms with van der Waals surface area (Å²) < 4.78 is 17.9. The maximum absolute atomic E-state index is 10.6. The Kier molecular flexibility index (Phi) is 10.6. The summed E-state index contributed by atoms with van der Waals surface area (Å²) in [6.45, 7) is 7.46. The first-order valence-corrected chi connectivity index (χ1v) is 13.4. The molecule has 3 rings (SSSR count). The summed E-state index contributed by atoms with van der Waals surface area (Å²) >= 11 is 0. The normalized spacial score (nSPS) is 20.8. The Morgan fingerprint density at radius 3 is 2.40 bits per heavy atom. The van der Waals surface area contributed by atoms with Gasteiger partial charge in [-0.1, -0.05) is 88.9 Å². The number of benzene rings is 2. The lowest BCUT2D eigenvalue weighted by molar-refractivity contribution is -0.153. The van der Waals surface area contributed by atoms with Crippen LogP contribution in [0.5, 0.6) is 5.75 Å². The molecule has 0 amide bonds. The van der Waals surface area contributed by atoms with Crippen molar-refractivity contribution < 1.29 is 19.3 Å². The van der Waals surface area contributed by atoms with E-state index in [9.17, 15) is 5.11 Å². The van der Waals surface area contributed by atoms with Gasteiger partial charge in [-0.05, 0) is 59.8 Å². The highest BCUT2D eigenvalue weighted by molar-refractivity contribution is 5.43. The van der Waals surface area contributed by atoms with Crippen molar-refractivity contribution in [1.29, 1.82) is 0 Å². The van der Waals surface area contributed by atoms with Gasteiger partial charge in [-0.15, -0.1) is 0 Å². The molecule has 35 heavy (non-hydrogen) atoms. The highest BCUT2D eigenvalue weighted by Gasteiger charge is 2.38. The Bertz CT molecular complexity index is 875. The van der Waals surface area contributed by atoms with Crippen LogP contribution in [0.15, 0.2) is 48.5 Å². The van der Waals surface area contributed by atoms with Gasteiger partial charge in [0.25, 0.3) is 0 Å². The lowest BCUT2D eigenvalue weighted by Gasteiger charge is -2.38. The number of hydrogen-bond donors (Lipinski definition) is 1. The van der Waals surface area contributed by atoms with E-state index in [-0.39, 0.29) is 29.6 Å². The number of aliphatic hydroxyl groups excluding tert-OH is 1. The molecule has 4 heteroatoms. The first kappa shape index (κ1) is 27.7. The summed E-state index contributed by atoms with van der Waals surface area (Å²) in [4.78, 5) is 0. The Hall–Kier alpha value is -1.88. The maximum atomic E-state index is 10.6. The summed E-state index contributed by atoms with van der Waals surface area (Å²) in [5.74, 6) is 1.19. The third-order valence-electron chi connectivity index (χ3n) is 7.78. The van der Waals surface area contributed by atoms with Crippen molar-refractivity contribution >= 4 is 0 Å². The predicted octanol–water partition coefficient (Wildman–Crippen LogP) is 7.38. The monoisotopic (exact) mass is 482 g/mol. The molecule has 4 nitrogen and oxygen atoms in total. The predicted molar refractivity (Wildman–Crippen MR) is 143 cm³/mol. The molecule has 2 aromatic rings. The number of rotatable bonds is 13. The molecule has 0 saturated heterocycles. The third kappa shape index (κ3) is 7.55. The lowest BCUT2D eigenvalue weighted by atomic mass is 9.72. The van der Waals surface area contributed by atoms with Crippen LogP contribution < -0.4 is 4.74 Å². The average molecular weight is 483 g/mol. The van der Waals surface area contributed by atoms with Crippen molar-refractivity contribution in [2.24, 2.45) is 5.92 Å². The van der Waals surface area contributed by atoms with Gasteiger partial charge in [-0.2, -0.15) is 0 Å². The number of methoxy groups -OCH3 is 2. The van der Waals surface area contributed by atoms with Crippen LogP contribution in [0.25, 0.3) is 0 Å². The molecule has 1 N–H and O–H groups in total. The number of unbranched alkanes of at least 4 members (excludes halogenated alkanes) is 3. The molecular weight excluding hydrogens is 436 g/mol. The highest BCUT2D eigenvalue weighted by atomic mass is 16.7. The molecule has 2 aromatic carbocycles. The topological polar surface area (TPSA) is 47.9 Å². The van der Waals surface area contributed by atoms with Crippen LogP contribution in [0.2, 0.25) is 0 Å². The first-order valence-electron chi connectivity index (χ1n) is 13.4. The minimum absolute atomic E-state index is 0.0736. The van der Waals surface area contributed by atoms with Crippen molar-refractivity contribution in [3.05, 3.63) is 65.2 Å². The quantitative estimate of drug-likeness (QED) is 0.239. The SMILES string of the molecule is CCCCCCC(C)(C)c1ccc([C@H]2C[C@H](O)CC[C@@H]2C(OC)OC)c(OCc2ccccc2)c1. The van der Waals surface area contributed by atoms with Crippen molar-refractivity contribution in [1.82, 2.24) is 0 Å². The van der Waals surface area contributed by atoms with Gasteiger partial charge < -0.3 is 19.3 Å². The van der Waals surface area contributed by atoms with Crippen LogP contribution in [0.3, 0.4) is 0 Å². The molecule has 1 aliphatic rings. The molecule has 0 radical (unpaired) electrons. The molecule has 1 fully saturated rings. The summed E-state index contributed by atoms with van der Waals surface area (Å²) in [7, 11) is 3.40. The number of ether oxygens (including phenoxy) is 3. The minimum atomic E-state index is -0.317. The number of aliphatic hydroxyl groups is 1. The molecule has 0 aromatic heterocycles. The van der Waals surface area contributed by atoms with E-state index in [1.54, 1.807) is 14.2 Å². The van der Waals surface area contributed by atoms with Gasteiger partial charge in [-0.3, -0.25) is 0 Å². The number of hydrogen-bond acceptors (Lipinski definition) is 4. The van der Waals surface area contributed by atoms with Crippen molar-refractivity contribution in [3.8, 4) is 5.75 Å². The van der Waals surface area contributed by atoms with Crippen molar-refractivity contribution in [3.63, 3.8) is 0 Å². The molecule has 0 unspecified atom stereocenters. The van der Waals surface area contributed by atoms with Gasteiger partial charge in [-0.25, -0.2) is 0 Å². The average Bonchev–Trinajstić information content (AvgIpc) is 2.87. The van der Waals surface area contributed by atoms with Gasteiger partial charge in [0.2, 0.25) is 0 Å². The lowest BCUT2D eigenvalue weighted by Crippen LogP contribution is -2.36. The summed E-state index contributed by atoms with van der Waals surface area (Å²) in [5.41, 5.74) is 3.68. The second-order valence-electron chi connectivity index (χ2n) is 10.8. The van der Waals surface area contributed by atoms with Gasteiger partial charge in [0.1, 0.15) is 12.4 Å². The zero-order valence-corrected chi connectivity index (χ0v) is 22.5. The van der Waals surface area contributed by atoms with Gasteiger partial charge in [0, 0.05) is 20.1 Å². The van der Waals surface area contributed by atoms with E-state index >= 15 is 0 Å². The smallest absolute Gasteiger partial charge is 0.160 e. The van der Waals surface area contributed by atoms with Gasteiger partial charge >= 0.3 is 0 Å². The molecular formula is C31H46O4. The Morgan fingerprint density at radius 2 is 1.71 bits per heavy atom. The fourth-order valence-corrected chi connectivity index (χ4v) is 5.56. The van der Waals surface area contributed by atoms with Crippen LogP contribution >= 0.6 is 0 Å². The Labute approximate surface area is 213 Å². The summed E-state index contributed by atoms with van der Waals surface area (Å²) in [6.07, 6.45) is 7.94. The second-order valence-corrected chi connectivity index (χ2v) is 10.8. The molecule has 3 atom stereocenters. The van der Waals surface area contributed by atoms with Crippen molar-refractivity contribution in [2.45, 2.75) is 102 Å². The van der Waals surface area contributed by atoms with E-state index in [4.69, 9.17) is 14.2 Å². The van der Waals surface area contributed by atoms with Crippen LogP contribution in [0, 0.1) is 5.92 Å². The van der Waals surface area contributed by atoms with E-state index < -0.39 is 0 Å². The van der Waals surface area contributed by atoms with Gasteiger partial charge in [0.05, 0.1) is 6.10 Å². The van der Waals surface area contributed by atoms with E-state index in [2.05, 4.69) is 51.1 Å². The molecule has 0 bridgehead atoms. The van der Waals surface area contributed by atoms with Crippen LogP contribution in [-0.2, 0) is 21.5 Å². The third-order valence-corrected chi connectivity index (χ3v) is 7.78.